The first kappa shape index (κ1) is 19.1. The van der Waals surface area contributed by atoms with Crippen molar-refractivity contribution in [1.82, 2.24) is 15.1 Å². The summed E-state index contributed by atoms with van der Waals surface area (Å²) in [6.45, 7) is 2.69. The minimum Gasteiger partial charge on any atom is -0.497 e. The fourth-order valence-electron chi connectivity index (χ4n) is 3.20. The number of ether oxygens (including phenoxy) is 1. The average molecular weight is 390 g/mol. The number of nitrogens with zero attached hydrogens (tertiary/aromatic N) is 3. The SMILES string of the molecule is COc1cccc(Cc2nnc(NC(=O)N3CC(C)CC(C(=O)O)C3)s2)c1. The number of carbonyl (C=O) groups excluding carboxylic acids is 1. The summed E-state index contributed by atoms with van der Waals surface area (Å²) in [6.07, 6.45) is 1.18. The van der Waals surface area contributed by atoms with Crippen molar-refractivity contribution < 1.29 is 19.4 Å². The Labute approximate surface area is 161 Å². The van der Waals surface area contributed by atoms with Crippen LogP contribution in [0.2, 0.25) is 0 Å². The maximum atomic E-state index is 12.5. The number of carbonyl (C=O) groups is 2. The predicted molar refractivity (Wildman–Crippen MR) is 101 cm³/mol. The minimum atomic E-state index is -0.865. The van der Waals surface area contributed by atoms with Crippen LogP contribution in [0.25, 0.3) is 0 Å². The van der Waals surface area contributed by atoms with E-state index in [0.717, 1.165) is 16.3 Å². The summed E-state index contributed by atoms with van der Waals surface area (Å²) >= 11 is 1.30. The first-order chi connectivity index (χ1) is 12.9. The number of carboxylic acids is 1. The van der Waals surface area contributed by atoms with E-state index in [1.165, 1.54) is 16.2 Å². The molecule has 2 atom stereocenters. The summed E-state index contributed by atoms with van der Waals surface area (Å²) in [5.74, 6) is -0.477. The predicted octanol–water partition coefficient (Wildman–Crippen LogP) is 2.71. The van der Waals surface area contributed by atoms with Crippen molar-refractivity contribution in [2.75, 3.05) is 25.5 Å². The molecule has 3 rings (SSSR count). The van der Waals surface area contributed by atoms with Crippen LogP contribution in [-0.2, 0) is 11.2 Å². The van der Waals surface area contributed by atoms with E-state index in [-0.39, 0.29) is 18.5 Å². The van der Waals surface area contributed by atoms with Gasteiger partial charge in [-0.2, -0.15) is 0 Å². The van der Waals surface area contributed by atoms with Gasteiger partial charge < -0.3 is 14.7 Å². The van der Waals surface area contributed by atoms with Crippen LogP contribution in [0.3, 0.4) is 0 Å². The van der Waals surface area contributed by atoms with Gasteiger partial charge in [0.25, 0.3) is 0 Å². The van der Waals surface area contributed by atoms with Gasteiger partial charge in [-0.05, 0) is 30.0 Å². The number of rotatable bonds is 5. The van der Waals surface area contributed by atoms with Crippen LogP contribution in [0.15, 0.2) is 24.3 Å². The summed E-state index contributed by atoms with van der Waals surface area (Å²) in [5.41, 5.74) is 1.04. The molecule has 2 aromatic rings. The third-order valence-electron chi connectivity index (χ3n) is 4.47. The number of aromatic nitrogens is 2. The Morgan fingerprint density at radius 3 is 2.93 bits per heavy atom. The highest BCUT2D eigenvalue weighted by Gasteiger charge is 2.32. The van der Waals surface area contributed by atoms with Gasteiger partial charge in [-0.15, -0.1) is 10.2 Å². The number of aliphatic carboxylic acids is 1. The molecule has 2 amide bonds. The molecule has 1 aromatic heterocycles. The molecule has 1 aliphatic heterocycles. The van der Waals surface area contributed by atoms with Crippen LogP contribution >= 0.6 is 11.3 Å². The van der Waals surface area contributed by atoms with Crippen LogP contribution in [0.1, 0.15) is 23.9 Å². The molecule has 0 spiro atoms. The van der Waals surface area contributed by atoms with Crippen molar-refractivity contribution >= 4 is 28.5 Å². The smallest absolute Gasteiger partial charge is 0.323 e. The summed E-state index contributed by atoms with van der Waals surface area (Å²) in [7, 11) is 1.62. The quantitative estimate of drug-likeness (QED) is 0.813. The summed E-state index contributed by atoms with van der Waals surface area (Å²) in [4.78, 5) is 25.3. The third-order valence-corrected chi connectivity index (χ3v) is 5.31. The van der Waals surface area contributed by atoms with Crippen molar-refractivity contribution in [3.63, 3.8) is 0 Å². The van der Waals surface area contributed by atoms with Crippen LogP contribution in [0.4, 0.5) is 9.93 Å². The first-order valence-electron chi connectivity index (χ1n) is 8.68. The van der Waals surface area contributed by atoms with Crippen molar-refractivity contribution in [3.05, 3.63) is 34.8 Å². The molecule has 0 bridgehead atoms. The van der Waals surface area contributed by atoms with E-state index in [0.29, 0.717) is 24.5 Å². The number of piperidine rings is 1. The maximum Gasteiger partial charge on any atom is 0.323 e. The van der Waals surface area contributed by atoms with E-state index in [1.807, 2.05) is 31.2 Å². The highest BCUT2D eigenvalue weighted by atomic mass is 32.1. The second-order valence-corrected chi connectivity index (χ2v) is 7.80. The molecule has 0 aliphatic carbocycles. The lowest BCUT2D eigenvalue weighted by Gasteiger charge is -2.34. The largest absolute Gasteiger partial charge is 0.497 e. The molecule has 0 radical (unpaired) electrons. The van der Waals surface area contributed by atoms with Gasteiger partial charge in [0, 0.05) is 19.5 Å². The molecule has 9 heteroatoms. The van der Waals surface area contributed by atoms with Gasteiger partial charge >= 0.3 is 12.0 Å². The number of benzene rings is 1. The summed E-state index contributed by atoms with van der Waals surface area (Å²) < 4.78 is 5.21. The van der Waals surface area contributed by atoms with Gasteiger partial charge in [-0.1, -0.05) is 30.4 Å². The summed E-state index contributed by atoms with van der Waals surface area (Å²) in [6, 6.07) is 7.36. The van der Waals surface area contributed by atoms with Gasteiger partial charge in [0.2, 0.25) is 5.13 Å². The lowest BCUT2D eigenvalue weighted by atomic mass is 9.91. The van der Waals surface area contributed by atoms with E-state index < -0.39 is 11.9 Å². The Morgan fingerprint density at radius 1 is 1.37 bits per heavy atom. The first-order valence-corrected chi connectivity index (χ1v) is 9.50. The van der Waals surface area contributed by atoms with Crippen molar-refractivity contribution in [2.45, 2.75) is 19.8 Å². The maximum absolute atomic E-state index is 12.5. The number of hydrogen-bond acceptors (Lipinski definition) is 6. The number of urea groups is 1. The standard InChI is InChI=1S/C18H22N4O4S/c1-11-6-13(16(23)24)10-22(9-11)18(25)19-17-21-20-15(27-17)8-12-4-3-5-14(7-12)26-2/h3-5,7,11,13H,6,8-10H2,1-2H3,(H,23,24)(H,19,21,25). The second-order valence-electron chi connectivity index (χ2n) is 6.74. The number of hydrogen-bond donors (Lipinski definition) is 2. The van der Waals surface area contributed by atoms with E-state index >= 15 is 0 Å². The average Bonchev–Trinajstić information content (AvgIpc) is 3.08. The molecule has 1 fully saturated rings. The Balaban J connectivity index is 1.61. The zero-order chi connectivity index (χ0) is 19.4. The zero-order valence-electron chi connectivity index (χ0n) is 15.2. The number of carboxylic acid groups (broad SMARTS) is 1. The fourth-order valence-corrected chi connectivity index (χ4v) is 3.96. The van der Waals surface area contributed by atoms with Crippen LogP contribution in [-0.4, -0.2) is 52.4 Å². The van der Waals surface area contributed by atoms with Crippen molar-refractivity contribution in [1.29, 1.82) is 0 Å². The van der Waals surface area contributed by atoms with Gasteiger partial charge in [-0.25, -0.2) is 4.79 Å². The summed E-state index contributed by atoms with van der Waals surface area (Å²) in [5, 5.41) is 21.3. The highest BCUT2D eigenvalue weighted by Crippen LogP contribution is 2.24. The molecular formula is C18H22N4O4S. The Hall–Kier alpha value is -2.68. The molecule has 1 aliphatic rings. The zero-order valence-corrected chi connectivity index (χ0v) is 16.0. The van der Waals surface area contributed by atoms with Crippen LogP contribution in [0, 0.1) is 11.8 Å². The molecule has 27 heavy (non-hydrogen) atoms. The number of amides is 2. The molecule has 144 valence electrons. The monoisotopic (exact) mass is 390 g/mol. The van der Waals surface area contributed by atoms with Gasteiger partial charge in [0.1, 0.15) is 10.8 Å². The van der Waals surface area contributed by atoms with Crippen molar-refractivity contribution in [2.24, 2.45) is 11.8 Å². The molecule has 1 saturated heterocycles. The van der Waals surface area contributed by atoms with E-state index in [1.54, 1.807) is 7.11 Å². The molecular weight excluding hydrogens is 368 g/mol. The fraction of sp³-hybridized carbons (Fsp3) is 0.444. The Kier molecular flexibility index (Phi) is 5.90. The van der Waals surface area contributed by atoms with E-state index in [4.69, 9.17) is 4.74 Å². The lowest BCUT2D eigenvalue weighted by molar-refractivity contribution is -0.143. The van der Waals surface area contributed by atoms with Crippen LogP contribution < -0.4 is 10.1 Å². The normalized spacial score (nSPS) is 19.6. The minimum absolute atomic E-state index is 0.142. The molecule has 1 aromatic carbocycles. The van der Waals surface area contributed by atoms with Gasteiger partial charge in [-0.3, -0.25) is 10.1 Å². The topological polar surface area (TPSA) is 105 Å². The number of nitrogens with one attached hydrogen (secondary N) is 1. The molecule has 2 unspecified atom stereocenters. The second kappa shape index (κ2) is 8.34. The van der Waals surface area contributed by atoms with E-state index in [9.17, 15) is 14.7 Å². The number of anilines is 1. The molecule has 0 saturated carbocycles. The molecule has 2 heterocycles. The Morgan fingerprint density at radius 2 is 2.19 bits per heavy atom. The molecule has 2 N–H and O–H groups in total. The van der Waals surface area contributed by atoms with Gasteiger partial charge in [0.05, 0.1) is 13.0 Å². The molecule has 8 nitrogen and oxygen atoms in total. The number of methoxy groups -OCH3 is 1. The van der Waals surface area contributed by atoms with Gasteiger partial charge in [0.15, 0.2) is 0 Å². The number of likely N-dealkylation sites (tertiary alicyclic amines) is 1. The van der Waals surface area contributed by atoms with Crippen molar-refractivity contribution in [3.8, 4) is 5.75 Å². The van der Waals surface area contributed by atoms with Crippen LogP contribution in [0.5, 0.6) is 5.75 Å². The lowest BCUT2D eigenvalue weighted by Crippen LogP contribution is -2.47. The highest BCUT2D eigenvalue weighted by molar-refractivity contribution is 7.15. The van der Waals surface area contributed by atoms with E-state index in [2.05, 4.69) is 15.5 Å². The Bertz CT molecular complexity index is 825. The third kappa shape index (κ3) is 4.94.